The molecule has 0 radical (unpaired) electrons. The molecule has 0 aliphatic carbocycles. The van der Waals surface area contributed by atoms with Crippen molar-refractivity contribution in [3.63, 3.8) is 0 Å². The zero-order chi connectivity index (χ0) is 23.1. The van der Waals surface area contributed by atoms with Crippen molar-refractivity contribution in [3.8, 4) is 0 Å². The highest BCUT2D eigenvalue weighted by atomic mass is 16.5. The van der Waals surface area contributed by atoms with E-state index in [0.717, 1.165) is 38.0 Å². The largest absolute Gasteiger partial charge is 0.373 e. The molecule has 0 saturated carbocycles. The van der Waals surface area contributed by atoms with Crippen LogP contribution in [-0.2, 0) is 14.3 Å². The monoisotopic (exact) mass is 443 g/mol. The molecule has 1 aromatic rings. The number of nitrogens with zero attached hydrogens (tertiary/aromatic N) is 1. The Kier molecular flexibility index (Phi) is 8.67. The first-order chi connectivity index (χ1) is 15.4. The van der Waals surface area contributed by atoms with Crippen LogP contribution < -0.4 is 15.5 Å². The van der Waals surface area contributed by atoms with Crippen molar-refractivity contribution in [1.29, 1.82) is 0 Å². The van der Waals surface area contributed by atoms with Gasteiger partial charge in [0.05, 0.1) is 12.6 Å². The molecule has 32 heavy (non-hydrogen) atoms. The Labute approximate surface area is 191 Å². The first-order valence-electron chi connectivity index (χ1n) is 12.0. The molecule has 3 atom stereocenters. The highest BCUT2D eigenvalue weighted by molar-refractivity contribution is 5.99. The standard InChI is InChI=1S/C25H37N3O4/c1-4-18-15-32-16-22(29)23(18)27-25(31)21(13-17(2)3)26-24(30)19-9-8-10-20(14-19)28-11-6-5-7-12-28/h8-10,14,17-18,21,23H,4-7,11-13,15-16H2,1-3H3,(H,26,30)(H,27,31)/t18-,21+,23+/m1/s1. The van der Waals surface area contributed by atoms with Gasteiger partial charge in [-0.15, -0.1) is 0 Å². The summed E-state index contributed by atoms with van der Waals surface area (Å²) in [6.07, 6.45) is 4.81. The van der Waals surface area contributed by atoms with Crippen molar-refractivity contribution in [3.05, 3.63) is 29.8 Å². The maximum Gasteiger partial charge on any atom is 0.252 e. The summed E-state index contributed by atoms with van der Waals surface area (Å²) in [5, 5.41) is 5.82. The Balaban J connectivity index is 1.70. The molecule has 1 aromatic carbocycles. The van der Waals surface area contributed by atoms with Gasteiger partial charge in [-0.25, -0.2) is 0 Å². The summed E-state index contributed by atoms with van der Waals surface area (Å²) < 4.78 is 5.33. The smallest absolute Gasteiger partial charge is 0.252 e. The van der Waals surface area contributed by atoms with Crippen molar-refractivity contribution in [2.75, 3.05) is 31.2 Å². The van der Waals surface area contributed by atoms with Crippen LogP contribution in [0, 0.1) is 11.8 Å². The molecule has 2 heterocycles. The number of hydrogen-bond acceptors (Lipinski definition) is 5. The number of carbonyl (C=O) groups excluding carboxylic acids is 3. The van der Waals surface area contributed by atoms with Gasteiger partial charge in [-0.3, -0.25) is 14.4 Å². The number of piperidine rings is 1. The number of ketones is 1. The topological polar surface area (TPSA) is 87.7 Å². The van der Waals surface area contributed by atoms with Crippen LogP contribution in [0.25, 0.3) is 0 Å². The number of rotatable bonds is 8. The van der Waals surface area contributed by atoms with Crippen LogP contribution in [0.4, 0.5) is 5.69 Å². The third-order valence-corrected chi connectivity index (χ3v) is 6.38. The molecule has 176 valence electrons. The highest BCUT2D eigenvalue weighted by Gasteiger charge is 2.34. The fraction of sp³-hybridized carbons (Fsp3) is 0.640. The lowest BCUT2D eigenvalue weighted by atomic mass is 9.91. The number of anilines is 1. The molecule has 2 saturated heterocycles. The molecule has 2 N–H and O–H groups in total. The Bertz CT molecular complexity index is 804. The van der Waals surface area contributed by atoms with Crippen LogP contribution in [0.1, 0.15) is 63.2 Å². The van der Waals surface area contributed by atoms with E-state index in [4.69, 9.17) is 4.74 Å². The van der Waals surface area contributed by atoms with Crippen molar-refractivity contribution in [1.82, 2.24) is 10.6 Å². The van der Waals surface area contributed by atoms with Gasteiger partial charge in [0.2, 0.25) is 5.91 Å². The number of nitrogens with one attached hydrogen (secondary N) is 2. The molecular formula is C25H37N3O4. The third kappa shape index (κ3) is 6.31. The summed E-state index contributed by atoms with van der Waals surface area (Å²) in [4.78, 5) is 40.8. The minimum Gasteiger partial charge on any atom is -0.373 e. The number of ether oxygens (including phenoxy) is 1. The molecule has 7 heteroatoms. The Morgan fingerprint density at radius 3 is 2.62 bits per heavy atom. The van der Waals surface area contributed by atoms with Crippen molar-refractivity contribution >= 4 is 23.3 Å². The molecule has 0 unspecified atom stereocenters. The van der Waals surface area contributed by atoms with Gasteiger partial charge >= 0.3 is 0 Å². The van der Waals surface area contributed by atoms with Crippen LogP contribution in [0.5, 0.6) is 0 Å². The molecule has 2 fully saturated rings. The van der Waals surface area contributed by atoms with E-state index in [1.165, 1.54) is 6.42 Å². The number of benzene rings is 1. The minimum absolute atomic E-state index is 0.0198. The summed E-state index contributed by atoms with van der Waals surface area (Å²) >= 11 is 0. The lowest BCUT2D eigenvalue weighted by Crippen LogP contribution is -2.56. The second kappa shape index (κ2) is 11.5. The van der Waals surface area contributed by atoms with Gasteiger partial charge in [-0.1, -0.05) is 26.8 Å². The van der Waals surface area contributed by atoms with Gasteiger partial charge in [0, 0.05) is 30.3 Å². The quantitative estimate of drug-likeness (QED) is 0.645. The first-order valence-corrected chi connectivity index (χ1v) is 12.0. The summed E-state index contributed by atoms with van der Waals surface area (Å²) in [6.45, 7) is 8.48. The number of carbonyl (C=O) groups is 3. The SMILES string of the molecule is CC[C@@H]1COCC(=O)[C@H]1NC(=O)[C@H](CC(C)C)NC(=O)c1cccc(N2CCCCC2)c1. The normalized spacial score (nSPS) is 22.5. The van der Waals surface area contributed by atoms with E-state index in [1.807, 2.05) is 39.0 Å². The molecule has 2 amide bonds. The second-order valence-electron chi connectivity index (χ2n) is 9.39. The number of Topliss-reactive ketones (excluding diaryl/α,β-unsaturated/α-hetero) is 1. The number of amides is 2. The zero-order valence-electron chi connectivity index (χ0n) is 19.6. The number of hydrogen-bond donors (Lipinski definition) is 2. The van der Waals surface area contributed by atoms with Crippen LogP contribution in [0.3, 0.4) is 0 Å². The van der Waals surface area contributed by atoms with Crippen molar-refractivity contribution in [2.24, 2.45) is 11.8 Å². The summed E-state index contributed by atoms with van der Waals surface area (Å²) in [6, 6.07) is 6.34. The molecule has 0 spiro atoms. The maximum atomic E-state index is 13.1. The van der Waals surface area contributed by atoms with E-state index in [9.17, 15) is 14.4 Å². The average Bonchev–Trinajstić information content (AvgIpc) is 2.80. The summed E-state index contributed by atoms with van der Waals surface area (Å²) in [7, 11) is 0. The van der Waals surface area contributed by atoms with Gasteiger partial charge in [-0.2, -0.15) is 0 Å². The third-order valence-electron chi connectivity index (χ3n) is 6.38. The predicted molar refractivity (Wildman–Crippen MR) is 125 cm³/mol. The van der Waals surface area contributed by atoms with Gasteiger partial charge < -0.3 is 20.3 Å². The van der Waals surface area contributed by atoms with Crippen LogP contribution >= 0.6 is 0 Å². The van der Waals surface area contributed by atoms with Crippen molar-refractivity contribution in [2.45, 2.75) is 65.0 Å². The summed E-state index contributed by atoms with van der Waals surface area (Å²) in [5.41, 5.74) is 1.59. The van der Waals surface area contributed by atoms with Crippen LogP contribution in [0.2, 0.25) is 0 Å². The Morgan fingerprint density at radius 2 is 1.94 bits per heavy atom. The van der Waals surface area contributed by atoms with Crippen LogP contribution in [0.15, 0.2) is 24.3 Å². The zero-order valence-corrected chi connectivity index (χ0v) is 19.6. The first kappa shape index (κ1) is 24.2. The molecule has 2 aliphatic heterocycles. The second-order valence-corrected chi connectivity index (χ2v) is 9.39. The molecule has 0 bridgehead atoms. The van der Waals surface area contributed by atoms with E-state index in [0.29, 0.717) is 18.6 Å². The van der Waals surface area contributed by atoms with E-state index in [2.05, 4.69) is 15.5 Å². The molecule has 7 nitrogen and oxygen atoms in total. The lowest BCUT2D eigenvalue weighted by molar-refractivity contribution is -0.138. The van der Waals surface area contributed by atoms with E-state index in [-0.39, 0.29) is 36.0 Å². The molecule has 0 aromatic heterocycles. The molecule has 2 aliphatic rings. The van der Waals surface area contributed by atoms with Gasteiger partial charge in [-0.05, 0) is 56.2 Å². The van der Waals surface area contributed by atoms with E-state index in [1.54, 1.807) is 6.07 Å². The minimum atomic E-state index is -0.700. The highest BCUT2D eigenvalue weighted by Crippen LogP contribution is 2.21. The molecular weight excluding hydrogens is 406 g/mol. The Morgan fingerprint density at radius 1 is 1.19 bits per heavy atom. The van der Waals surface area contributed by atoms with Gasteiger partial charge in [0.1, 0.15) is 12.6 Å². The van der Waals surface area contributed by atoms with Crippen LogP contribution in [-0.4, -0.2) is 56.0 Å². The van der Waals surface area contributed by atoms with Gasteiger partial charge in [0.15, 0.2) is 5.78 Å². The predicted octanol–water partition coefficient (Wildman–Crippen LogP) is 2.93. The fourth-order valence-corrected chi connectivity index (χ4v) is 4.51. The fourth-order valence-electron chi connectivity index (χ4n) is 4.51. The maximum absolute atomic E-state index is 13.1. The average molecular weight is 444 g/mol. The Hall–Kier alpha value is -2.41. The van der Waals surface area contributed by atoms with Gasteiger partial charge in [0.25, 0.3) is 5.91 Å². The lowest BCUT2D eigenvalue weighted by Gasteiger charge is -2.32. The molecule has 3 rings (SSSR count). The summed E-state index contributed by atoms with van der Waals surface area (Å²) in [5.74, 6) is -0.525. The van der Waals surface area contributed by atoms with Crippen molar-refractivity contribution < 1.29 is 19.1 Å². The van der Waals surface area contributed by atoms with E-state index < -0.39 is 12.1 Å². The van der Waals surface area contributed by atoms with E-state index >= 15 is 0 Å².